The van der Waals surface area contributed by atoms with Gasteiger partial charge in [-0.15, -0.1) is 0 Å². The number of halogens is 1. The van der Waals surface area contributed by atoms with Crippen molar-refractivity contribution >= 4 is 23.2 Å². The Morgan fingerprint density at radius 1 is 1.18 bits per heavy atom. The number of carbonyl (C=O) groups is 1. The highest BCUT2D eigenvalue weighted by atomic mass is 35.5. The summed E-state index contributed by atoms with van der Waals surface area (Å²) < 4.78 is 5.03. The maximum absolute atomic E-state index is 11.8. The molecule has 0 saturated heterocycles. The van der Waals surface area contributed by atoms with Gasteiger partial charge in [0.25, 0.3) is 5.91 Å². The maximum atomic E-state index is 11.8. The molecule has 1 N–H and O–H groups in total. The van der Waals surface area contributed by atoms with Crippen LogP contribution in [0.15, 0.2) is 34.7 Å². The highest BCUT2D eigenvalue weighted by Crippen LogP contribution is 2.17. The summed E-state index contributed by atoms with van der Waals surface area (Å²) in [6.45, 7) is 3.96. The van der Waals surface area contributed by atoms with Crippen molar-refractivity contribution in [2.24, 2.45) is 0 Å². The smallest absolute Gasteiger partial charge is 0.291 e. The first-order valence-electron chi connectivity index (χ1n) is 5.19. The molecular weight excluding hydrogens is 238 g/mol. The van der Waals surface area contributed by atoms with E-state index in [1.807, 2.05) is 32.0 Å². The zero-order chi connectivity index (χ0) is 12.4. The summed E-state index contributed by atoms with van der Waals surface area (Å²) in [7, 11) is 0. The van der Waals surface area contributed by atoms with Gasteiger partial charge in [-0.1, -0.05) is 6.07 Å². The Morgan fingerprint density at radius 3 is 2.35 bits per heavy atom. The highest BCUT2D eigenvalue weighted by molar-refractivity contribution is 6.29. The Bertz CT molecular complexity index is 540. The topological polar surface area (TPSA) is 42.2 Å². The zero-order valence-electron chi connectivity index (χ0n) is 9.58. The van der Waals surface area contributed by atoms with Gasteiger partial charge in [0.1, 0.15) is 0 Å². The van der Waals surface area contributed by atoms with E-state index in [0.717, 1.165) is 16.8 Å². The molecule has 88 valence electrons. The fraction of sp³-hybridized carbons (Fsp3) is 0.154. The van der Waals surface area contributed by atoms with Crippen LogP contribution in [0.1, 0.15) is 21.7 Å². The molecule has 0 atom stereocenters. The van der Waals surface area contributed by atoms with Gasteiger partial charge in [0.15, 0.2) is 11.0 Å². The summed E-state index contributed by atoms with van der Waals surface area (Å²) in [6, 6.07) is 8.92. The van der Waals surface area contributed by atoms with Crippen LogP contribution in [0.3, 0.4) is 0 Å². The number of amides is 1. The van der Waals surface area contributed by atoms with Crippen LogP contribution in [-0.4, -0.2) is 5.91 Å². The molecule has 3 nitrogen and oxygen atoms in total. The summed E-state index contributed by atoms with van der Waals surface area (Å²) in [5, 5.41) is 2.97. The maximum Gasteiger partial charge on any atom is 0.291 e. The lowest BCUT2D eigenvalue weighted by molar-refractivity contribution is 0.0997. The van der Waals surface area contributed by atoms with Gasteiger partial charge < -0.3 is 9.73 Å². The second-order valence-electron chi connectivity index (χ2n) is 3.93. The van der Waals surface area contributed by atoms with Crippen molar-refractivity contribution in [1.82, 2.24) is 0 Å². The molecule has 17 heavy (non-hydrogen) atoms. The van der Waals surface area contributed by atoms with Crippen molar-refractivity contribution < 1.29 is 9.21 Å². The van der Waals surface area contributed by atoms with Crippen LogP contribution in [0.2, 0.25) is 5.22 Å². The minimum atomic E-state index is -0.304. The third-order valence-electron chi connectivity index (χ3n) is 2.28. The molecule has 2 aromatic rings. The first kappa shape index (κ1) is 11.7. The largest absolute Gasteiger partial charge is 0.440 e. The molecule has 0 aliphatic carbocycles. The molecule has 4 heteroatoms. The van der Waals surface area contributed by atoms with E-state index in [1.165, 1.54) is 6.07 Å². The molecule has 1 aromatic carbocycles. The third kappa shape index (κ3) is 2.88. The van der Waals surface area contributed by atoms with E-state index in [2.05, 4.69) is 5.32 Å². The highest BCUT2D eigenvalue weighted by Gasteiger charge is 2.10. The van der Waals surface area contributed by atoms with Crippen LogP contribution in [0, 0.1) is 13.8 Å². The molecule has 0 fully saturated rings. The molecule has 0 bridgehead atoms. The molecule has 0 saturated carbocycles. The van der Waals surface area contributed by atoms with Crippen LogP contribution in [0.4, 0.5) is 5.69 Å². The molecule has 2 rings (SSSR count). The van der Waals surface area contributed by atoms with Crippen LogP contribution in [0.25, 0.3) is 0 Å². The quantitative estimate of drug-likeness (QED) is 0.880. The van der Waals surface area contributed by atoms with Crippen LogP contribution in [0.5, 0.6) is 0 Å². The Hall–Kier alpha value is -1.74. The number of nitrogens with one attached hydrogen (secondary N) is 1. The SMILES string of the molecule is Cc1cc(C)cc(NC(=O)c2ccc(Cl)o2)c1. The lowest BCUT2D eigenvalue weighted by Crippen LogP contribution is -2.11. The number of benzene rings is 1. The van der Waals surface area contributed by atoms with Gasteiger partial charge in [-0.2, -0.15) is 0 Å². The summed E-state index contributed by atoms with van der Waals surface area (Å²) in [4.78, 5) is 11.8. The van der Waals surface area contributed by atoms with Crippen LogP contribution < -0.4 is 5.32 Å². The van der Waals surface area contributed by atoms with Gasteiger partial charge in [-0.05, 0) is 60.8 Å². The van der Waals surface area contributed by atoms with Crippen molar-refractivity contribution in [3.05, 3.63) is 52.4 Å². The molecule has 0 spiro atoms. The normalized spacial score (nSPS) is 10.3. The van der Waals surface area contributed by atoms with Gasteiger partial charge in [0, 0.05) is 5.69 Å². The fourth-order valence-electron chi connectivity index (χ4n) is 1.68. The molecule has 0 aliphatic rings. The van der Waals surface area contributed by atoms with Crippen molar-refractivity contribution in [2.75, 3.05) is 5.32 Å². The lowest BCUT2D eigenvalue weighted by atomic mass is 10.1. The van der Waals surface area contributed by atoms with Gasteiger partial charge in [0.2, 0.25) is 0 Å². The summed E-state index contributed by atoms with van der Waals surface area (Å²) >= 11 is 5.61. The zero-order valence-corrected chi connectivity index (χ0v) is 10.3. The summed E-state index contributed by atoms with van der Waals surface area (Å²) in [6.07, 6.45) is 0. The van der Waals surface area contributed by atoms with E-state index in [4.69, 9.17) is 16.0 Å². The van der Waals surface area contributed by atoms with E-state index in [-0.39, 0.29) is 16.9 Å². The minimum absolute atomic E-state index is 0.203. The first-order valence-corrected chi connectivity index (χ1v) is 5.57. The molecule has 1 amide bonds. The predicted molar refractivity (Wildman–Crippen MR) is 67.6 cm³/mol. The molecule has 0 unspecified atom stereocenters. The van der Waals surface area contributed by atoms with Gasteiger partial charge in [-0.25, -0.2) is 0 Å². The van der Waals surface area contributed by atoms with Crippen molar-refractivity contribution in [3.63, 3.8) is 0 Å². The van der Waals surface area contributed by atoms with E-state index >= 15 is 0 Å². The first-order chi connectivity index (χ1) is 8.04. The Morgan fingerprint density at radius 2 is 1.82 bits per heavy atom. The number of furan rings is 1. The Balaban J connectivity index is 2.18. The second kappa shape index (κ2) is 4.63. The van der Waals surface area contributed by atoms with Crippen LogP contribution >= 0.6 is 11.6 Å². The number of carbonyl (C=O) groups excluding carboxylic acids is 1. The monoisotopic (exact) mass is 249 g/mol. The number of aryl methyl sites for hydroxylation is 2. The molecule has 0 aliphatic heterocycles. The molecule has 1 heterocycles. The fourth-order valence-corrected chi connectivity index (χ4v) is 1.82. The molecular formula is C13H12ClNO2. The number of anilines is 1. The minimum Gasteiger partial charge on any atom is -0.440 e. The van der Waals surface area contributed by atoms with Crippen molar-refractivity contribution in [1.29, 1.82) is 0 Å². The summed E-state index contributed by atoms with van der Waals surface area (Å²) in [5.74, 6) is -0.101. The Labute approximate surface area is 104 Å². The Kier molecular flexibility index (Phi) is 3.20. The standard InChI is InChI=1S/C13H12ClNO2/c1-8-5-9(2)7-10(6-8)15-13(16)11-3-4-12(14)17-11/h3-7H,1-2H3,(H,15,16). The number of hydrogen-bond donors (Lipinski definition) is 1. The van der Waals surface area contributed by atoms with Crippen LogP contribution in [-0.2, 0) is 0 Å². The lowest BCUT2D eigenvalue weighted by Gasteiger charge is -2.05. The van der Waals surface area contributed by atoms with E-state index < -0.39 is 0 Å². The van der Waals surface area contributed by atoms with Gasteiger partial charge in [0.05, 0.1) is 0 Å². The van der Waals surface area contributed by atoms with Crippen molar-refractivity contribution in [3.8, 4) is 0 Å². The number of rotatable bonds is 2. The third-order valence-corrected chi connectivity index (χ3v) is 2.48. The average Bonchev–Trinajstić information content (AvgIpc) is 2.63. The van der Waals surface area contributed by atoms with Gasteiger partial charge in [-0.3, -0.25) is 4.79 Å². The molecule has 1 aromatic heterocycles. The number of hydrogen-bond acceptors (Lipinski definition) is 2. The van der Waals surface area contributed by atoms with Crippen molar-refractivity contribution in [2.45, 2.75) is 13.8 Å². The van der Waals surface area contributed by atoms with Gasteiger partial charge >= 0.3 is 0 Å². The molecule has 0 radical (unpaired) electrons. The van der Waals surface area contributed by atoms with E-state index in [9.17, 15) is 4.79 Å². The van der Waals surface area contributed by atoms with E-state index in [1.54, 1.807) is 6.07 Å². The second-order valence-corrected chi connectivity index (χ2v) is 4.31. The average molecular weight is 250 g/mol. The van der Waals surface area contributed by atoms with E-state index in [0.29, 0.717) is 0 Å². The predicted octanol–water partition coefficient (Wildman–Crippen LogP) is 3.80. The summed E-state index contributed by atoms with van der Waals surface area (Å²) in [5.41, 5.74) is 2.94.